The largest absolute Gasteiger partial charge is 0.522 e. The number of halogens is 3. The lowest BCUT2D eigenvalue weighted by Gasteiger charge is -2.31. The Hall–Kier alpha value is -0.860. The van der Waals surface area contributed by atoms with Crippen molar-refractivity contribution in [2.45, 2.75) is 25.3 Å². The lowest BCUT2D eigenvalue weighted by molar-refractivity contribution is -0.325. The highest BCUT2D eigenvalue weighted by Gasteiger charge is 2.29. The summed E-state index contributed by atoms with van der Waals surface area (Å²) in [6.07, 6.45) is -3.46. The van der Waals surface area contributed by atoms with Gasteiger partial charge in [-0.1, -0.05) is 0 Å². The molecule has 0 saturated carbocycles. The van der Waals surface area contributed by atoms with Gasteiger partial charge in [-0.25, -0.2) is 4.79 Å². The summed E-state index contributed by atoms with van der Waals surface area (Å²) in [5.74, 6) is -1.02. The first-order valence-electron chi connectivity index (χ1n) is 5.63. The van der Waals surface area contributed by atoms with Gasteiger partial charge in [0.1, 0.15) is 6.61 Å². The van der Waals surface area contributed by atoms with Crippen molar-refractivity contribution >= 4 is 5.97 Å². The summed E-state index contributed by atoms with van der Waals surface area (Å²) in [4.78, 5) is 12.1. The summed E-state index contributed by atoms with van der Waals surface area (Å²) in [7, 11) is 0. The molecule has 1 N–H and O–H groups in total. The van der Waals surface area contributed by atoms with Gasteiger partial charge in [-0.3, -0.25) is 4.74 Å². The van der Waals surface area contributed by atoms with Crippen LogP contribution in [0.25, 0.3) is 0 Å². The van der Waals surface area contributed by atoms with E-state index in [0.29, 0.717) is 25.9 Å². The normalized spacial score (nSPS) is 19.1. The maximum atomic E-state index is 11.7. The molecule has 0 aromatic heterocycles. The molecular weight excluding hydrogens is 255 g/mol. The first kappa shape index (κ1) is 15.2. The fourth-order valence-corrected chi connectivity index (χ4v) is 1.78. The van der Waals surface area contributed by atoms with Crippen LogP contribution in [0.15, 0.2) is 0 Å². The molecule has 0 unspecified atom stereocenters. The number of carboxylic acid groups (broad SMARTS) is 1. The Kier molecular flexibility index (Phi) is 5.83. The van der Waals surface area contributed by atoms with Crippen molar-refractivity contribution in [3.63, 3.8) is 0 Å². The molecular formula is C10H16F3NO4. The zero-order chi connectivity index (χ0) is 13.6. The first-order valence-corrected chi connectivity index (χ1v) is 5.63. The standard InChI is InChI=1S/C10H16F3NO4/c11-10(12,13)18-6-5-14-3-1-8(2-4-14)17-7-9(15)16/h8H,1-7H2,(H,15,16). The van der Waals surface area contributed by atoms with Gasteiger partial charge in [0, 0.05) is 19.6 Å². The molecule has 1 rings (SSSR count). The van der Waals surface area contributed by atoms with Gasteiger partial charge >= 0.3 is 12.3 Å². The highest BCUT2D eigenvalue weighted by molar-refractivity contribution is 5.68. The minimum atomic E-state index is -4.58. The first-order chi connectivity index (χ1) is 8.37. The number of aliphatic carboxylic acids is 1. The van der Waals surface area contributed by atoms with Crippen molar-refractivity contribution in [1.29, 1.82) is 0 Å². The van der Waals surface area contributed by atoms with Gasteiger partial charge < -0.3 is 14.7 Å². The molecule has 106 valence electrons. The zero-order valence-electron chi connectivity index (χ0n) is 9.78. The topological polar surface area (TPSA) is 59.0 Å². The predicted molar refractivity (Wildman–Crippen MR) is 55.1 cm³/mol. The molecule has 8 heteroatoms. The van der Waals surface area contributed by atoms with E-state index < -0.39 is 12.3 Å². The van der Waals surface area contributed by atoms with E-state index in [1.807, 2.05) is 4.90 Å². The number of rotatable bonds is 6. The summed E-state index contributed by atoms with van der Waals surface area (Å²) >= 11 is 0. The minimum Gasteiger partial charge on any atom is -0.480 e. The van der Waals surface area contributed by atoms with Crippen LogP contribution in [0.2, 0.25) is 0 Å². The number of hydrogen-bond donors (Lipinski definition) is 1. The van der Waals surface area contributed by atoms with Crippen LogP contribution >= 0.6 is 0 Å². The molecule has 1 fully saturated rings. The fourth-order valence-electron chi connectivity index (χ4n) is 1.78. The van der Waals surface area contributed by atoms with Crippen molar-refractivity contribution in [3.8, 4) is 0 Å². The molecule has 0 aliphatic carbocycles. The third-order valence-electron chi connectivity index (χ3n) is 2.65. The summed E-state index contributed by atoms with van der Waals surface area (Å²) in [5.41, 5.74) is 0. The Bertz CT molecular complexity index is 264. The number of carbonyl (C=O) groups is 1. The van der Waals surface area contributed by atoms with Crippen LogP contribution in [0, 0.1) is 0 Å². The predicted octanol–water partition coefficient (Wildman–Crippen LogP) is 1.09. The van der Waals surface area contributed by atoms with Crippen molar-refractivity contribution in [2.24, 2.45) is 0 Å². The fraction of sp³-hybridized carbons (Fsp3) is 0.900. The Morgan fingerprint density at radius 2 is 1.94 bits per heavy atom. The monoisotopic (exact) mass is 271 g/mol. The van der Waals surface area contributed by atoms with Crippen LogP contribution in [-0.4, -0.2) is 61.3 Å². The van der Waals surface area contributed by atoms with Crippen molar-refractivity contribution in [1.82, 2.24) is 4.90 Å². The van der Waals surface area contributed by atoms with Crippen molar-refractivity contribution in [2.75, 3.05) is 32.8 Å². The molecule has 1 aliphatic rings. The van der Waals surface area contributed by atoms with Gasteiger partial charge in [0.05, 0.1) is 12.7 Å². The van der Waals surface area contributed by atoms with Gasteiger partial charge in [-0.2, -0.15) is 0 Å². The second-order valence-corrected chi connectivity index (χ2v) is 4.04. The lowest BCUT2D eigenvalue weighted by atomic mass is 10.1. The quantitative estimate of drug-likeness (QED) is 0.783. The third kappa shape index (κ3) is 6.77. The van der Waals surface area contributed by atoms with E-state index in [0.717, 1.165) is 0 Å². The number of piperidine rings is 1. The van der Waals surface area contributed by atoms with E-state index >= 15 is 0 Å². The number of likely N-dealkylation sites (tertiary alicyclic amines) is 1. The number of ether oxygens (including phenoxy) is 2. The van der Waals surface area contributed by atoms with Crippen LogP contribution in [-0.2, 0) is 14.3 Å². The molecule has 18 heavy (non-hydrogen) atoms. The molecule has 5 nitrogen and oxygen atoms in total. The van der Waals surface area contributed by atoms with Gasteiger partial charge in [0.2, 0.25) is 0 Å². The Morgan fingerprint density at radius 3 is 2.44 bits per heavy atom. The average Bonchev–Trinajstić information content (AvgIpc) is 2.26. The van der Waals surface area contributed by atoms with Crippen LogP contribution < -0.4 is 0 Å². The molecule has 0 radical (unpaired) electrons. The minimum absolute atomic E-state index is 0.124. The Balaban J connectivity index is 2.10. The second kappa shape index (κ2) is 6.91. The second-order valence-electron chi connectivity index (χ2n) is 4.04. The number of alkyl halides is 3. The molecule has 0 bridgehead atoms. The van der Waals surface area contributed by atoms with Gasteiger partial charge in [0.15, 0.2) is 0 Å². The third-order valence-corrected chi connectivity index (χ3v) is 2.65. The Morgan fingerprint density at radius 1 is 1.33 bits per heavy atom. The van der Waals surface area contributed by atoms with Crippen molar-refractivity contribution in [3.05, 3.63) is 0 Å². The van der Waals surface area contributed by atoms with Gasteiger partial charge in [-0.05, 0) is 12.8 Å². The average molecular weight is 271 g/mol. The molecule has 1 saturated heterocycles. The number of nitrogens with zero attached hydrogens (tertiary/aromatic N) is 1. The molecule has 0 atom stereocenters. The molecule has 0 spiro atoms. The van der Waals surface area contributed by atoms with E-state index in [-0.39, 0.29) is 25.9 Å². The molecule has 0 aromatic carbocycles. The lowest BCUT2D eigenvalue weighted by Crippen LogP contribution is -2.39. The van der Waals surface area contributed by atoms with Crippen LogP contribution in [0.5, 0.6) is 0 Å². The SMILES string of the molecule is O=C(O)COC1CCN(CCOC(F)(F)F)CC1. The molecule has 0 amide bonds. The van der Waals surface area contributed by atoms with E-state index in [1.165, 1.54) is 0 Å². The summed E-state index contributed by atoms with van der Waals surface area (Å²) in [6, 6.07) is 0. The highest BCUT2D eigenvalue weighted by atomic mass is 19.4. The van der Waals surface area contributed by atoms with Crippen LogP contribution in [0.4, 0.5) is 13.2 Å². The van der Waals surface area contributed by atoms with E-state index in [4.69, 9.17) is 9.84 Å². The maximum Gasteiger partial charge on any atom is 0.522 e. The molecule has 1 heterocycles. The molecule has 0 aromatic rings. The van der Waals surface area contributed by atoms with E-state index in [1.54, 1.807) is 0 Å². The van der Waals surface area contributed by atoms with Crippen LogP contribution in [0.3, 0.4) is 0 Å². The maximum absolute atomic E-state index is 11.7. The number of carboxylic acids is 1. The number of hydrogen-bond acceptors (Lipinski definition) is 4. The van der Waals surface area contributed by atoms with Gasteiger partial charge in [0.25, 0.3) is 0 Å². The highest BCUT2D eigenvalue weighted by Crippen LogP contribution is 2.17. The van der Waals surface area contributed by atoms with Gasteiger partial charge in [-0.15, -0.1) is 13.2 Å². The summed E-state index contributed by atoms with van der Waals surface area (Å²) in [5, 5.41) is 8.43. The molecule has 1 aliphatic heterocycles. The van der Waals surface area contributed by atoms with Crippen LogP contribution in [0.1, 0.15) is 12.8 Å². The zero-order valence-corrected chi connectivity index (χ0v) is 9.78. The smallest absolute Gasteiger partial charge is 0.480 e. The summed E-state index contributed by atoms with van der Waals surface area (Å²) in [6.45, 7) is 0.675. The Labute approximate surface area is 102 Å². The summed E-state index contributed by atoms with van der Waals surface area (Å²) < 4.78 is 44.0. The van der Waals surface area contributed by atoms with E-state index in [2.05, 4.69) is 4.74 Å². The van der Waals surface area contributed by atoms with E-state index in [9.17, 15) is 18.0 Å². The van der Waals surface area contributed by atoms with Crippen molar-refractivity contribution < 1.29 is 32.5 Å².